The van der Waals surface area contributed by atoms with Crippen molar-refractivity contribution < 1.29 is 9.53 Å². The van der Waals surface area contributed by atoms with Gasteiger partial charge in [-0.2, -0.15) is 5.10 Å². The van der Waals surface area contributed by atoms with Crippen molar-refractivity contribution in [1.29, 1.82) is 0 Å². The molecule has 35 heavy (non-hydrogen) atoms. The van der Waals surface area contributed by atoms with Gasteiger partial charge in [0.15, 0.2) is 11.0 Å². The molecular formula is C27H27N5O2S. The first-order valence-corrected chi connectivity index (χ1v) is 12.3. The summed E-state index contributed by atoms with van der Waals surface area (Å²) in [4.78, 5) is 12.5. The van der Waals surface area contributed by atoms with E-state index in [1.807, 2.05) is 98.1 Å². The molecule has 0 fully saturated rings. The molecule has 0 spiro atoms. The summed E-state index contributed by atoms with van der Waals surface area (Å²) in [5, 5.41) is 13.5. The van der Waals surface area contributed by atoms with E-state index in [0.717, 1.165) is 34.0 Å². The van der Waals surface area contributed by atoms with Gasteiger partial charge in [0.1, 0.15) is 5.75 Å². The third-order valence-electron chi connectivity index (χ3n) is 5.18. The molecule has 178 valence electrons. The van der Waals surface area contributed by atoms with Crippen LogP contribution in [0.4, 0.5) is 0 Å². The molecule has 1 aromatic heterocycles. The van der Waals surface area contributed by atoms with E-state index in [0.29, 0.717) is 11.8 Å². The lowest BCUT2D eigenvalue weighted by Gasteiger charge is -2.11. The minimum atomic E-state index is -0.240. The predicted molar refractivity (Wildman–Crippen MR) is 140 cm³/mol. The molecule has 0 saturated heterocycles. The minimum Gasteiger partial charge on any atom is -0.493 e. The molecule has 0 atom stereocenters. The van der Waals surface area contributed by atoms with Gasteiger partial charge in [-0.25, -0.2) is 5.43 Å². The summed E-state index contributed by atoms with van der Waals surface area (Å²) >= 11 is 1.31. The van der Waals surface area contributed by atoms with Gasteiger partial charge in [0.2, 0.25) is 0 Å². The molecule has 0 bridgehead atoms. The number of hydrogen-bond acceptors (Lipinski definition) is 6. The van der Waals surface area contributed by atoms with Crippen molar-refractivity contribution in [2.24, 2.45) is 5.10 Å². The second-order valence-electron chi connectivity index (χ2n) is 7.90. The van der Waals surface area contributed by atoms with Crippen LogP contribution in [0, 0.1) is 13.8 Å². The topological polar surface area (TPSA) is 81.4 Å². The van der Waals surface area contributed by atoms with Crippen molar-refractivity contribution in [2.75, 3.05) is 12.4 Å². The standard InChI is InChI=1S/C27H27N5O2S/c1-4-34-24-8-6-5-7-22(24)17-28-29-25(33)18-35-27-31-30-26(21-13-9-19(2)10-14-21)32(27)23-15-11-20(3)12-16-23/h5-17H,4,18H2,1-3H3,(H,29,33). The lowest BCUT2D eigenvalue weighted by atomic mass is 10.1. The zero-order chi connectivity index (χ0) is 24.6. The van der Waals surface area contributed by atoms with Crippen LogP contribution in [0.2, 0.25) is 0 Å². The van der Waals surface area contributed by atoms with Crippen molar-refractivity contribution in [3.05, 3.63) is 89.5 Å². The number of aromatic nitrogens is 3. The van der Waals surface area contributed by atoms with Crippen molar-refractivity contribution in [3.63, 3.8) is 0 Å². The Balaban J connectivity index is 1.49. The number of carbonyl (C=O) groups is 1. The fourth-order valence-electron chi connectivity index (χ4n) is 3.39. The Bertz CT molecular complexity index is 1310. The molecule has 1 amide bonds. The minimum absolute atomic E-state index is 0.141. The van der Waals surface area contributed by atoms with E-state index in [-0.39, 0.29) is 11.7 Å². The molecule has 0 aliphatic carbocycles. The third kappa shape index (κ3) is 6.16. The SMILES string of the molecule is CCOc1ccccc1C=NNC(=O)CSc1nnc(-c2ccc(C)cc2)n1-c1ccc(C)cc1. The normalized spacial score (nSPS) is 11.1. The number of nitrogens with one attached hydrogen (secondary N) is 1. The van der Waals surface area contributed by atoms with E-state index in [4.69, 9.17) is 4.74 Å². The van der Waals surface area contributed by atoms with Crippen LogP contribution >= 0.6 is 11.8 Å². The number of benzene rings is 3. The summed E-state index contributed by atoms with van der Waals surface area (Å²) in [5.74, 6) is 1.34. The molecule has 1 heterocycles. The Morgan fingerprint density at radius 1 is 1.00 bits per heavy atom. The lowest BCUT2D eigenvalue weighted by molar-refractivity contribution is -0.118. The van der Waals surface area contributed by atoms with Crippen LogP contribution in [0.1, 0.15) is 23.6 Å². The van der Waals surface area contributed by atoms with Gasteiger partial charge >= 0.3 is 0 Å². The average Bonchev–Trinajstić information content (AvgIpc) is 3.29. The first-order valence-electron chi connectivity index (χ1n) is 11.3. The number of ether oxygens (including phenoxy) is 1. The van der Waals surface area contributed by atoms with Crippen molar-refractivity contribution in [3.8, 4) is 22.8 Å². The van der Waals surface area contributed by atoms with E-state index < -0.39 is 0 Å². The fourth-order valence-corrected chi connectivity index (χ4v) is 4.13. The van der Waals surface area contributed by atoms with Crippen molar-refractivity contribution >= 4 is 23.9 Å². The van der Waals surface area contributed by atoms with Crippen LogP contribution in [0.15, 0.2) is 83.1 Å². The Kier molecular flexibility index (Phi) is 7.95. The smallest absolute Gasteiger partial charge is 0.250 e. The highest BCUT2D eigenvalue weighted by Crippen LogP contribution is 2.28. The highest BCUT2D eigenvalue weighted by molar-refractivity contribution is 7.99. The number of thioether (sulfide) groups is 1. The number of hydrazone groups is 1. The highest BCUT2D eigenvalue weighted by atomic mass is 32.2. The van der Waals surface area contributed by atoms with Crippen molar-refractivity contribution in [2.45, 2.75) is 25.9 Å². The van der Waals surface area contributed by atoms with Crippen LogP contribution in [0.25, 0.3) is 17.1 Å². The van der Waals surface area contributed by atoms with E-state index in [1.54, 1.807) is 6.21 Å². The summed E-state index contributed by atoms with van der Waals surface area (Å²) in [6.45, 7) is 6.57. The quantitative estimate of drug-likeness (QED) is 0.200. The van der Waals surface area contributed by atoms with Gasteiger partial charge in [-0.3, -0.25) is 9.36 Å². The Morgan fingerprint density at radius 2 is 1.69 bits per heavy atom. The zero-order valence-corrected chi connectivity index (χ0v) is 20.7. The number of para-hydroxylation sites is 1. The first-order chi connectivity index (χ1) is 17.0. The molecule has 7 nitrogen and oxygen atoms in total. The highest BCUT2D eigenvalue weighted by Gasteiger charge is 2.17. The van der Waals surface area contributed by atoms with E-state index in [2.05, 4.69) is 20.7 Å². The maximum atomic E-state index is 12.5. The summed E-state index contributed by atoms with van der Waals surface area (Å²) in [7, 11) is 0. The van der Waals surface area contributed by atoms with Gasteiger partial charge in [-0.1, -0.05) is 71.4 Å². The van der Waals surface area contributed by atoms with Crippen LogP contribution in [-0.4, -0.2) is 39.2 Å². The maximum Gasteiger partial charge on any atom is 0.250 e. The Labute approximate surface area is 209 Å². The molecular weight excluding hydrogens is 458 g/mol. The van der Waals surface area contributed by atoms with Crippen LogP contribution in [-0.2, 0) is 4.79 Å². The maximum absolute atomic E-state index is 12.5. The second kappa shape index (κ2) is 11.5. The first kappa shape index (κ1) is 24.2. The largest absolute Gasteiger partial charge is 0.493 e. The molecule has 1 N–H and O–H groups in total. The fraction of sp³-hybridized carbons (Fsp3) is 0.185. The third-order valence-corrected chi connectivity index (χ3v) is 6.11. The molecule has 0 saturated carbocycles. The molecule has 0 unspecified atom stereocenters. The summed E-state index contributed by atoms with van der Waals surface area (Å²) in [6.07, 6.45) is 1.58. The Morgan fingerprint density at radius 3 is 2.40 bits per heavy atom. The number of aryl methyl sites for hydroxylation is 2. The van der Waals surface area contributed by atoms with Gasteiger partial charge in [0, 0.05) is 16.8 Å². The lowest BCUT2D eigenvalue weighted by Crippen LogP contribution is -2.20. The molecule has 4 aromatic rings. The second-order valence-corrected chi connectivity index (χ2v) is 8.84. The van der Waals surface area contributed by atoms with E-state index in [9.17, 15) is 4.79 Å². The van der Waals surface area contributed by atoms with E-state index in [1.165, 1.54) is 17.3 Å². The summed E-state index contributed by atoms with van der Waals surface area (Å²) in [5.41, 5.74) is 7.60. The molecule has 4 rings (SSSR count). The molecule has 0 aliphatic rings. The van der Waals surface area contributed by atoms with Crippen LogP contribution < -0.4 is 10.2 Å². The van der Waals surface area contributed by atoms with Gasteiger partial charge in [-0.15, -0.1) is 10.2 Å². The summed E-state index contributed by atoms with van der Waals surface area (Å²) in [6, 6.07) is 23.8. The number of nitrogens with zero attached hydrogens (tertiary/aromatic N) is 4. The van der Waals surface area contributed by atoms with Crippen LogP contribution in [0.3, 0.4) is 0 Å². The number of amides is 1. The monoisotopic (exact) mass is 485 g/mol. The molecule has 3 aromatic carbocycles. The molecule has 0 radical (unpaired) electrons. The number of hydrogen-bond donors (Lipinski definition) is 1. The summed E-state index contributed by atoms with van der Waals surface area (Å²) < 4.78 is 7.56. The predicted octanol–water partition coefficient (Wildman–Crippen LogP) is 5.19. The molecule has 0 aliphatic heterocycles. The number of carbonyl (C=O) groups excluding carboxylic acids is 1. The van der Waals surface area contributed by atoms with E-state index >= 15 is 0 Å². The zero-order valence-electron chi connectivity index (χ0n) is 19.9. The van der Waals surface area contributed by atoms with Gasteiger partial charge in [0.05, 0.1) is 18.6 Å². The van der Waals surface area contributed by atoms with Gasteiger partial charge < -0.3 is 4.74 Å². The number of rotatable bonds is 9. The van der Waals surface area contributed by atoms with Gasteiger partial charge in [0.25, 0.3) is 5.91 Å². The van der Waals surface area contributed by atoms with Crippen molar-refractivity contribution in [1.82, 2.24) is 20.2 Å². The Hall–Kier alpha value is -3.91. The van der Waals surface area contributed by atoms with Gasteiger partial charge in [-0.05, 0) is 45.0 Å². The van der Waals surface area contributed by atoms with Crippen LogP contribution in [0.5, 0.6) is 5.75 Å². The average molecular weight is 486 g/mol. The molecule has 8 heteroatoms.